The molecule has 1 aromatic carbocycles. The van der Waals surface area contributed by atoms with Gasteiger partial charge in [0.15, 0.2) is 0 Å². The van der Waals surface area contributed by atoms with Gasteiger partial charge in [-0.2, -0.15) is 13.2 Å². The SMILES string of the molecule is CC(=O)NNC(=O)[C@H]1C[C@H]1c1ccccc1C(F)(F)F. The molecule has 0 spiro atoms. The van der Waals surface area contributed by atoms with E-state index in [4.69, 9.17) is 0 Å². The summed E-state index contributed by atoms with van der Waals surface area (Å²) in [6.45, 7) is 1.23. The highest BCUT2D eigenvalue weighted by atomic mass is 19.4. The third-order valence-corrected chi connectivity index (χ3v) is 3.15. The fourth-order valence-corrected chi connectivity index (χ4v) is 2.15. The third kappa shape index (κ3) is 3.09. The molecule has 2 atom stereocenters. The van der Waals surface area contributed by atoms with Gasteiger partial charge in [0, 0.05) is 12.8 Å². The van der Waals surface area contributed by atoms with E-state index < -0.39 is 35.4 Å². The molecule has 4 nitrogen and oxygen atoms in total. The number of halogens is 3. The summed E-state index contributed by atoms with van der Waals surface area (Å²) in [7, 11) is 0. The first-order valence-corrected chi connectivity index (χ1v) is 6.03. The maximum absolute atomic E-state index is 12.9. The summed E-state index contributed by atoms with van der Waals surface area (Å²) in [5.41, 5.74) is 3.72. The fraction of sp³-hybridized carbons (Fsp3) is 0.385. The Bertz CT molecular complexity index is 543. The molecule has 1 aliphatic carbocycles. The Hall–Kier alpha value is -2.05. The molecule has 0 unspecified atom stereocenters. The van der Waals surface area contributed by atoms with Crippen LogP contribution in [0.5, 0.6) is 0 Å². The predicted octanol–water partition coefficient (Wildman–Crippen LogP) is 1.98. The zero-order valence-electron chi connectivity index (χ0n) is 10.6. The molecule has 2 rings (SSSR count). The van der Waals surface area contributed by atoms with Gasteiger partial charge >= 0.3 is 6.18 Å². The number of carbonyl (C=O) groups is 2. The highest BCUT2D eigenvalue weighted by Crippen LogP contribution is 2.50. The van der Waals surface area contributed by atoms with E-state index in [1.54, 1.807) is 0 Å². The van der Waals surface area contributed by atoms with E-state index in [1.165, 1.54) is 25.1 Å². The van der Waals surface area contributed by atoms with Gasteiger partial charge in [0.05, 0.1) is 5.56 Å². The van der Waals surface area contributed by atoms with Crippen LogP contribution in [0.25, 0.3) is 0 Å². The average Bonchev–Trinajstić information content (AvgIpc) is 3.15. The second-order valence-electron chi connectivity index (χ2n) is 4.70. The van der Waals surface area contributed by atoms with Crippen LogP contribution in [-0.2, 0) is 15.8 Å². The lowest BCUT2D eigenvalue weighted by Crippen LogP contribution is -2.41. The molecular weight excluding hydrogens is 273 g/mol. The van der Waals surface area contributed by atoms with Gasteiger partial charge in [0.25, 0.3) is 0 Å². The van der Waals surface area contributed by atoms with E-state index in [0.29, 0.717) is 6.42 Å². The van der Waals surface area contributed by atoms with Crippen molar-refractivity contribution in [2.24, 2.45) is 5.92 Å². The molecule has 0 radical (unpaired) electrons. The van der Waals surface area contributed by atoms with Crippen LogP contribution in [0.4, 0.5) is 13.2 Å². The number of hydrogen-bond acceptors (Lipinski definition) is 2. The molecule has 20 heavy (non-hydrogen) atoms. The van der Waals surface area contributed by atoms with Crippen molar-refractivity contribution in [3.05, 3.63) is 35.4 Å². The van der Waals surface area contributed by atoms with Gasteiger partial charge in [-0.25, -0.2) is 0 Å². The van der Waals surface area contributed by atoms with Crippen LogP contribution in [0.2, 0.25) is 0 Å². The average molecular weight is 286 g/mol. The molecule has 0 aromatic heterocycles. The summed E-state index contributed by atoms with van der Waals surface area (Å²) in [6, 6.07) is 5.24. The summed E-state index contributed by atoms with van der Waals surface area (Å²) in [5.74, 6) is -1.90. The van der Waals surface area contributed by atoms with Gasteiger partial charge in [0.2, 0.25) is 11.8 Å². The van der Waals surface area contributed by atoms with Gasteiger partial charge in [0.1, 0.15) is 0 Å². The molecule has 1 fully saturated rings. The van der Waals surface area contributed by atoms with Crippen molar-refractivity contribution >= 4 is 11.8 Å². The van der Waals surface area contributed by atoms with Gasteiger partial charge in [-0.15, -0.1) is 0 Å². The molecule has 1 aromatic rings. The number of hydrogen-bond donors (Lipinski definition) is 2. The molecule has 0 saturated heterocycles. The number of nitrogens with one attached hydrogen (secondary N) is 2. The first-order valence-electron chi connectivity index (χ1n) is 6.03. The van der Waals surface area contributed by atoms with Crippen molar-refractivity contribution in [2.45, 2.75) is 25.4 Å². The Balaban J connectivity index is 2.09. The van der Waals surface area contributed by atoms with Crippen molar-refractivity contribution in [1.82, 2.24) is 10.9 Å². The number of hydrazine groups is 1. The Kier molecular flexibility index (Phi) is 3.69. The van der Waals surface area contributed by atoms with Gasteiger partial charge in [-0.05, 0) is 24.0 Å². The van der Waals surface area contributed by atoms with Crippen LogP contribution in [0, 0.1) is 5.92 Å². The first kappa shape index (κ1) is 14.4. The van der Waals surface area contributed by atoms with Crippen molar-refractivity contribution in [3.8, 4) is 0 Å². The quantitative estimate of drug-likeness (QED) is 0.817. The maximum atomic E-state index is 12.9. The molecular formula is C13H13F3N2O2. The Morgan fingerprint density at radius 2 is 1.85 bits per heavy atom. The topological polar surface area (TPSA) is 58.2 Å². The summed E-state index contributed by atoms with van der Waals surface area (Å²) in [5, 5.41) is 0. The van der Waals surface area contributed by atoms with Crippen LogP contribution in [0.1, 0.15) is 30.4 Å². The minimum Gasteiger partial charge on any atom is -0.274 e. The number of benzene rings is 1. The van der Waals surface area contributed by atoms with Crippen LogP contribution >= 0.6 is 0 Å². The van der Waals surface area contributed by atoms with Crippen molar-refractivity contribution in [1.29, 1.82) is 0 Å². The fourth-order valence-electron chi connectivity index (χ4n) is 2.15. The zero-order valence-corrected chi connectivity index (χ0v) is 10.6. The third-order valence-electron chi connectivity index (χ3n) is 3.15. The molecule has 1 saturated carbocycles. The number of carbonyl (C=O) groups excluding carboxylic acids is 2. The van der Waals surface area contributed by atoms with E-state index in [9.17, 15) is 22.8 Å². The zero-order chi connectivity index (χ0) is 14.9. The van der Waals surface area contributed by atoms with E-state index in [2.05, 4.69) is 10.9 Å². The first-order chi connectivity index (χ1) is 9.30. The minimum atomic E-state index is -4.43. The molecule has 0 heterocycles. The second-order valence-corrected chi connectivity index (χ2v) is 4.70. The normalized spacial score (nSPS) is 21.2. The molecule has 1 aliphatic rings. The molecule has 0 aliphatic heterocycles. The maximum Gasteiger partial charge on any atom is 0.416 e. The van der Waals surface area contributed by atoms with Gasteiger partial charge in [-0.1, -0.05) is 18.2 Å². The lowest BCUT2D eigenvalue weighted by Gasteiger charge is -2.12. The van der Waals surface area contributed by atoms with Crippen molar-refractivity contribution in [2.75, 3.05) is 0 Å². The lowest BCUT2D eigenvalue weighted by molar-refractivity contribution is -0.138. The smallest absolute Gasteiger partial charge is 0.274 e. The Morgan fingerprint density at radius 1 is 1.20 bits per heavy atom. The molecule has 0 bridgehead atoms. The molecule has 108 valence electrons. The summed E-state index contributed by atoms with van der Waals surface area (Å²) >= 11 is 0. The highest BCUT2D eigenvalue weighted by molar-refractivity contribution is 5.85. The number of alkyl halides is 3. The van der Waals surface area contributed by atoms with E-state index in [-0.39, 0.29) is 5.56 Å². The van der Waals surface area contributed by atoms with Crippen LogP contribution in [-0.4, -0.2) is 11.8 Å². The Morgan fingerprint density at radius 3 is 2.45 bits per heavy atom. The standard InChI is InChI=1S/C13H13F3N2O2/c1-7(19)17-18-12(20)10-6-9(10)8-4-2-3-5-11(8)13(14,15)16/h2-5,9-10H,6H2,1H3,(H,17,19)(H,18,20)/t9-,10-/m0/s1. The van der Waals surface area contributed by atoms with Crippen LogP contribution in [0.15, 0.2) is 24.3 Å². The number of rotatable bonds is 2. The van der Waals surface area contributed by atoms with E-state index in [1.807, 2.05) is 0 Å². The lowest BCUT2D eigenvalue weighted by atomic mass is 10.0. The highest BCUT2D eigenvalue weighted by Gasteiger charge is 2.47. The molecule has 2 N–H and O–H groups in total. The summed E-state index contributed by atoms with van der Waals surface area (Å²) in [6.07, 6.45) is -4.09. The number of amides is 2. The van der Waals surface area contributed by atoms with Crippen molar-refractivity contribution < 1.29 is 22.8 Å². The van der Waals surface area contributed by atoms with Crippen LogP contribution in [0.3, 0.4) is 0 Å². The minimum absolute atomic E-state index is 0.128. The largest absolute Gasteiger partial charge is 0.416 e. The van der Waals surface area contributed by atoms with Gasteiger partial charge < -0.3 is 0 Å². The summed E-state index contributed by atoms with van der Waals surface area (Å²) in [4.78, 5) is 22.3. The monoisotopic (exact) mass is 286 g/mol. The van der Waals surface area contributed by atoms with Crippen molar-refractivity contribution in [3.63, 3.8) is 0 Å². The molecule has 2 amide bonds. The predicted molar refractivity (Wildman–Crippen MR) is 64.3 cm³/mol. The molecule has 7 heteroatoms. The Labute approximate surface area is 113 Å². The van der Waals surface area contributed by atoms with Gasteiger partial charge in [-0.3, -0.25) is 20.4 Å². The second kappa shape index (κ2) is 5.15. The summed E-state index contributed by atoms with van der Waals surface area (Å²) < 4.78 is 38.6. The van der Waals surface area contributed by atoms with Crippen LogP contribution < -0.4 is 10.9 Å². The van der Waals surface area contributed by atoms with E-state index >= 15 is 0 Å². The van der Waals surface area contributed by atoms with E-state index in [0.717, 1.165) is 6.07 Å².